The molecule has 0 amide bonds. The van der Waals surface area contributed by atoms with Gasteiger partial charge in [-0.05, 0) is 12.8 Å². The third-order valence-corrected chi connectivity index (χ3v) is 4.42. The normalized spacial score (nSPS) is 18.2. The maximum atomic E-state index is 11.4. The molecule has 1 aromatic heterocycles. The molecule has 1 aromatic rings. The Morgan fingerprint density at radius 3 is 2.53 bits per heavy atom. The highest BCUT2D eigenvalue weighted by Gasteiger charge is 2.25. The van der Waals surface area contributed by atoms with Crippen LogP contribution in [-0.4, -0.2) is 55.2 Å². The molecule has 1 aliphatic rings. The Morgan fingerprint density at radius 1 is 1.32 bits per heavy atom. The van der Waals surface area contributed by atoms with Crippen LogP contribution in [-0.2, 0) is 10.0 Å². The fourth-order valence-electron chi connectivity index (χ4n) is 2.10. The third kappa shape index (κ3) is 3.54. The maximum absolute atomic E-state index is 11.4. The quantitative estimate of drug-likeness (QED) is 0.858. The molecule has 0 saturated carbocycles. The molecule has 1 saturated heterocycles. The zero-order chi connectivity index (χ0) is 13.9. The highest BCUT2D eigenvalue weighted by molar-refractivity contribution is 7.88. The van der Waals surface area contributed by atoms with Crippen molar-refractivity contribution >= 4 is 15.8 Å². The summed E-state index contributed by atoms with van der Waals surface area (Å²) in [7, 11) is -1.54. The SMILES string of the molecule is COc1nccnc1NC1CCN(S(C)(=O)=O)CC1. The average Bonchev–Trinajstić information content (AvgIpc) is 2.39. The monoisotopic (exact) mass is 286 g/mol. The van der Waals surface area contributed by atoms with Crippen LogP contribution in [0.1, 0.15) is 12.8 Å². The predicted molar refractivity (Wildman–Crippen MR) is 71.6 cm³/mol. The van der Waals surface area contributed by atoms with Gasteiger partial charge in [-0.2, -0.15) is 0 Å². The molecular weight excluding hydrogens is 268 g/mol. The molecule has 2 heterocycles. The number of ether oxygens (including phenoxy) is 1. The standard InChI is InChI=1S/C11H18N4O3S/c1-18-11-10(12-5-6-13-11)14-9-3-7-15(8-4-9)19(2,16)17/h5-6,9H,3-4,7-8H2,1-2H3,(H,12,14). The minimum Gasteiger partial charge on any atom is -0.478 e. The maximum Gasteiger partial charge on any atom is 0.257 e. The summed E-state index contributed by atoms with van der Waals surface area (Å²) in [5.74, 6) is 1.05. The molecule has 2 rings (SSSR count). The Morgan fingerprint density at radius 2 is 1.95 bits per heavy atom. The fraction of sp³-hybridized carbons (Fsp3) is 0.636. The summed E-state index contributed by atoms with van der Waals surface area (Å²) < 4.78 is 29.4. The smallest absolute Gasteiger partial charge is 0.257 e. The zero-order valence-electron chi connectivity index (χ0n) is 11.0. The van der Waals surface area contributed by atoms with Gasteiger partial charge in [0.1, 0.15) is 0 Å². The van der Waals surface area contributed by atoms with E-state index < -0.39 is 10.0 Å². The zero-order valence-corrected chi connectivity index (χ0v) is 11.9. The molecule has 7 nitrogen and oxygen atoms in total. The number of rotatable bonds is 4. The lowest BCUT2D eigenvalue weighted by Gasteiger charge is -2.30. The number of sulfonamides is 1. The molecule has 0 unspecified atom stereocenters. The summed E-state index contributed by atoms with van der Waals surface area (Å²) in [6.45, 7) is 1.05. The van der Waals surface area contributed by atoms with Gasteiger partial charge in [-0.25, -0.2) is 22.7 Å². The molecule has 1 aliphatic heterocycles. The minimum absolute atomic E-state index is 0.184. The van der Waals surface area contributed by atoms with E-state index in [1.165, 1.54) is 10.6 Å². The van der Waals surface area contributed by atoms with Crippen molar-refractivity contribution in [3.05, 3.63) is 12.4 Å². The van der Waals surface area contributed by atoms with Crippen molar-refractivity contribution < 1.29 is 13.2 Å². The van der Waals surface area contributed by atoms with E-state index in [0.717, 1.165) is 12.8 Å². The molecule has 1 N–H and O–H groups in total. The van der Waals surface area contributed by atoms with Gasteiger partial charge in [-0.3, -0.25) is 0 Å². The molecule has 0 radical (unpaired) electrons. The second kappa shape index (κ2) is 5.70. The summed E-state index contributed by atoms with van der Waals surface area (Å²) >= 11 is 0. The van der Waals surface area contributed by atoms with Crippen molar-refractivity contribution in [1.29, 1.82) is 0 Å². The van der Waals surface area contributed by atoms with E-state index in [2.05, 4.69) is 15.3 Å². The molecule has 0 spiro atoms. The Kier molecular flexibility index (Phi) is 4.20. The molecule has 0 aromatic carbocycles. The van der Waals surface area contributed by atoms with Crippen molar-refractivity contribution in [2.24, 2.45) is 0 Å². The number of nitrogens with zero attached hydrogens (tertiary/aromatic N) is 3. The van der Waals surface area contributed by atoms with E-state index in [1.807, 2.05) is 0 Å². The van der Waals surface area contributed by atoms with Gasteiger partial charge in [0.25, 0.3) is 5.88 Å². The topological polar surface area (TPSA) is 84.4 Å². The number of anilines is 1. The lowest BCUT2D eigenvalue weighted by atomic mass is 10.1. The van der Waals surface area contributed by atoms with Gasteiger partial charge in [0, 0.05) is 31.5 Å². The first-order valence-corrected chi connectivity index (χ1v) is 7.92. The number of piperidine rings is 1. The lowest BCUT2D eigenvalue weighted by Crippen LogP contribution is -2.42. The van der Waals surface area contributed by atoms with Crippen LogP contribution in [0.3, 0.4) is 0 Å². The van der Waals surface area contributed by atoms with Crippen LogP contribution in [0.25, 0.3) is 0 Å². The van der Waals surface area contributed by atoms with E-state index in [4.69, 9.17) is 4.74 Å². The van der Waals surface area contributed by atoms with Crippen molar-refractivity contribution in [3.63, 3.8) is 0 Å². The first-order valence-electron chi connectivity index (χ1n) is 6.07. The van der Waals surface area contributed by atoms with Crippen LogP contribution in [0, 0.1) is 0 Å². The summed E-state index contributed by atoms with van der Waals surface area (Å²) in [4.78, 5) is 8.24. The number of methoxy groups -OCH3 is 1. The third-order valence-electron chi connectivity index (χ3n) is 3.12. The van der Waals surface area contributed by atoms with Crippen LogP contribution in [0.4, 0.5) is 5.82 Å². The summed E-state index contributed by atoms with van der Waals surface area (Å²) in [6, 6.07) is 0.184. The number of nitrogens with one attached hydrogen (secondary N) is 1. The van der Waals surface area contributed by atoms with Crippen molar-refractivity contribution in [2.45, 2.75) is 18.9 Å². The van der Waals surface area contributed by atoms with E-state index in [0.29, 0.717) is 24.8 Å². The van der Waals surface area contributed by atoms with Gasteiger partial charge in [0.2, 0.25) is 10.0 Å². The molecule has 1 fully saturated rings. The van der Waals surface area contributed by atoms with Gasteiger partial charge in [-0.1, -0.05) is 0 Å². The van der Waals surface area contributed by atoms with Crippen LogP contribution in [0.2, 0.25) is 0 Å². The largest absolute Gasteiger partial charge is 0.478 e. The first kappa shape index (κ1) is 14.0. The Labute approximate surface area is 113 Å². The van der Waals surface area contributed by atoms with Gasteiger partial charge in [0.15, 0.2) is 5.82 Å². The van der Waals surface area contributed by atoms with Gasteiger partial charge < -0.3 is 10.1 Å². The second-order valence-corrected chi connectivity index (χ2v) is 6.48. The predicted octanol–water partition coefficient (Wildman–Crippen LogP) is 0.321. The Hall–Kier alpha value is -1.41. The van der Waals surface area contributed by atoms with Crippen molar-refractivity contribution in [1.82, 2.24) is 14.3 Å². The molecular formula is C11H18N4O3S. The highest BCUT2D eigenvalue weighted by atomic mass is 32.2. The van der Waals surface area contributed by atoms with Crippen molar-refractivity contribution in [2.75, 3.05) is 31.8 Å². The van der Waals surface area contributed by atoms with Gasteiger partial charge in [-0.15, -0.1) is 0 Å². The highest BCUT2D eigenvalue weighted by Crippen LogP contribution is 2.22. The first-order chi connectivity index (χ1) is 9.00. The van der Waals surface area contributed by atoms with Gasteiger partial charge in [0.05, 0.1) is 13.4 Å². The number of hydrogen-bond acceptors (Lipinski definition) is 6. The van der Waals surface area contributed by atoms with Crippen LogP contribution in [0.5, 0.6) is 5.88 Å². The van der Waals surface area contributed by atoms with E-state index in [1.54, 1.807) is 19.5 Å². The Balaban J connectivity index is 1.96. The Bertz CT molecular complexity index is 526. The van der Waals surface area contributed by atoms with Crippen LogP contribution in [0.15, 0.2) is 12.4 Å². The van der Waals surface area contributed by atoms with E-state index >= 15 is 0 Å². The van der Waals surface area contributed by atoms with Crippen molar-refractivity contribution in [3.8, 4) is 5.88 Å². The molecule has 106 valence electrons. The van der Waals surface area contributed by atoms with Gasteiger partial charge >= 0.3 is 0 Å². The fourth-order valence-corrected chi connectivity index (χ4v) is 2.97. The number of aromatic nitrogens is 2. The summed E-state index contributed by atoms with van der Waals surface area (Å²) in [5, 5.41) is 3.25. The van der Waals surface area contributed by atoms with Crippen LogP contribution < -0.4 is 10.1 Å². The van der Waals surface area contributed by atoms with E-state index in [9.17, 15) is 8.42 Å². The summed E-state index contributed by atoms with van der Waals surface area (Å²) in [5.41, 5.74) is 0. The average molecular weight is 286 g/mol. The molecule has 8 heteroatoms. The van der Waals surface area contributed by atoms with E-state index in [-0.39, 0.29) is 6.04 Å². The molecule has 0 aliphatic carbocycles. The molecule has 0 bridgehead atoms. The van der Waals surface area contributed by atoms with Crippen LogP contribution >= 0.6 is 0 Å². The lowest BCUT2D eigenvalue weighted by molar-refractivity contribution is 0.330. The molecule has 19 heavy (non-hydrogen) atoms. The second-order valence-electron chi connectivity index (χ2n) is 4.49. The summed E-state index contributed by atoms with van der Waals surface area (Å²) in [6.07, 6.45) is 5.89. The number of hydrogen-bond donors (Lipinski definition) is 1. The molecule has 0 atom stereocenters. The minimum atomic E-state index is -3.08.